The lowest BCUT2D eigenvalue weighted by Gasteiger charge is -2.28. The molecule has 1 aromatic carbocycles. The lowest BCUT2D eigenvalue weighted by Crippen LogP contribution is -2.35. The number of nitrogens with one attached hydrogen (secondary N) is 1. The molecule has 0 spiro atoms. The van der Waals surface area contributed by atoms with Crippen LogP contribution in [0.25, 0.3) is 0 Å². The van der Waals surface area contributed by atoms with Crippen molar-refractivity contribution in [1.82, 2.24) is 5.32 Å². The van der Waals surface area contributed by atoms with Crippen LogP contribution in [0.2, 0.25) is 0 Å². The summed E-state index contributed by atoms with van der Waals surface area (Å²) in [4.78, 5) is 0. The normalized spacial score (nSPS) is 22.1. The van der Waals surface area contributed by atoms with E-state index in [-0.39, 0.29) is 0 Å². The van der Waals surface area contributed by atoms with E-state index in [1.54, 1.807) is 0 Å². The largest absolute Gasteiger partial charge is 0.377 e. The van der Waals surface area contributed by atoms with Gasteiger partial charge < -0.3 is 10.1 Å². The third kappa shape index (κ3) is 3.82. The minimum absolute atomic E-state index is 0.406. The van der Waals surface area contributed by atoms with Crippen LogP contribution in [0, 0.1) is 5.92 Å². The summed E-state index contributed by atoms with van der Waals surface area (Å²) in [5.74, 6) is 0.594. The van der Waals surface area contributed by atoms with E-state index in [1.165, 1.54) is 24.8 Å². The van der Waals surface area contributed by atoms with Crippen LogP contribution in [0.15, 0.2) is 30.3 Å². The summed E-state index contributed by atoms with van der Waals surface area (Å²) in [5, 5.41) is 3.68. The summed E-state index contributed by atoms with van der Waals surface area (Å²) >= 11 is 0. The monoisotopic (exact) mass is 247 g/mol. The molecule has 0 saturated carbocycles. The van der Waals surface area contributed by atoms with E-state index in [0.29, 0.717) is 18.1 Å². The van der Waals surface area contributed by atoms with Crippen molar-refractivity contribution in [1.29, 1.82) is 0 Å². The predicted octanol–water partition coefficient (Wildman–Crippen LogP) is 3.54. The summed E-state index contributed by atoms with van der Waals surface area (Å²) in [6, 6.07) is 11.1. The number of benzene rings is 1. The van der Waals surface area contributed by atoms with Gasteiger partial charge >= 0.3 is 0 Å². The van der Waals surface area contributed by atoms with E-state index in [9.17, 15) is 0 Å². The number of hydrogen-bond acceptors (Lipinski definition) is 2. The SMILES string of the molecule is CC(C)C(NCC1CCCCO1)c1ccccc1. The molecule has 1 heterocycles. The zero-order valence-corrected chi connectivity index (χ0v) is 11.6. The molecule has 2 rings (SSSR count). The molecule has 1 aromatic rings. The molecule has 0 aliphatic carbocycles. The number of ether oxygens (including phenoxy) is 1. The summed E-state index contributed by atoms with van der Waals surface area (Å²) in [6.07, 6.45) is 4.14. The van der Waals surface area contributed by atoms with Crippen molar-refractivity contribution in [2.45, 2.75) is 45.3 Å². The summed E-state index contributed by atoms with van der Waals surface area (Å²) in [7, 11) is 0. The van der Waals surface area contributed by atoms with E-state index in [4.69, 9.17) is 4.74 Å². The van der Waals surface area contributed by atoms with Gasteiger partial charge in [0.1, 0.15) is 0 Å². The van der Waals surface area contributed by atoms with E-state index in [1.807, 2.05) is 0 Å². The molecule has 1 fully saturated rings. The van der Waals surface area contributed by atoms with Crippen molar-refractivity contribution in [3.05, 3.63) is 35.9 Å². The smallest absolute Gasteiger partial charge is 0.0699 e. The van der Waals surface area contributed by atoms with Gasteiger partial charge in [-0.3, -0.25) is 0 Å². The van der Waals surface area contributed by atoms with Gasteiger partial charge in [-0.05, 0) is 30.7 Å². The molecular formula is C16H25NO. The molecule has 1 aliphatic rings. The molecule has 0 aromatic heterocycles. The maximum atomic E-state index is 5.78. The van der Waals surface area contributed by atoms with Crippen molar-refractivity contribution < 1.29 is 4.74 Å². The average Bonchev–Trinajstić information content (AvgIpc) is 2.41. The van der Waals surface area contributed by atoms with Crippen LogP contribution in [0.1, 0.15) is 44.7 Å². The standard InChI is InChI=1S/C16H25NO/c1-13(2)16(14-8-4-3-5-9-14)17-12-15-10-6-7-11-18-15/h3-5,8-9,13,15-17H,6-7,10-12H2,1-2H3. The maximum absolute atomic E-state index is 5.78. The highest BCUT2D eigenvalue weighted by molar-refractivity contribution is 5.19. The number of hydrogen-bond donors (Lipinski definition) is 1. The van der Waals surface area contributed by atoms with Crippen LogP contribution in [0.5, 0.6) is 0 Å². The summed E-state index contributed by atoms with van der Waals surface area (Å²) < 4.78 is 5.78. The second kappa shape index (κ2) is 6.91. The van der Waals surface area contributed by atoms with Crippen LogP contribution in [0.4, 0.5) is 0 Å². The minimum Gasteiger partial charge on any atom is -0.377 e. The van der Waals surface area contributed by atoms with Gasteiger partial charge in [0, 0.05) is 19.2 Å². The third-order valence-electron chi connectivity index (χ3n) is 3.66. The first-order valence-electron chi connectivity index (χ1n) is 7.17. The van der Waals surface area contributed by atoms with E-state index < -0.39 is 0 Å². The minimum atomic E-state index is 0.406. The van der Waals surface area contributed by atoms with Crippen molar-refractivity contribution >= 4 is 0 Å². The molecule has 18 heavy (non-hydrogen) atoms. The van der Waals surface area contributed by atoms with Gasteiger partial charge in [-0.1, -0.05) is 44.2 Å². The average molecular weight is 247 g/mol. The Morgan fingerprint density at radius 1 is 1.22 bits per heavy atom. The lowest BCUT2D eigenvalue weighted by atomic mass is 9.95. The quantitative estimate of drug-likeness (QED) is 0.859. The first-order chi connectivity index (χ1) is 8.77. The molecule has 1 N–H and O–H groups in total. The first-order valence-corrected chi connectivity index (χ1v) is 7.17. The molecule has 1 aliphatic heterocycles. The van der Waals surface area contributed by atoms with Gasteiger partial charge in [-0.2, -0.15) is 0 Å². The van der Waals surface area contributed by atoms with E-state index in [2.05, 4.69) is 49.5 Å². The second-order valence-electron chi connectivity index (χ2n) is 5.53. The first kappa shape index (κ1) is 13.6. The van der Waals surface area contributed by atoms with E-state index in [0.717, 1.165) is 13.2 Å². The Bertz CT molecular complexity index is 330. The Hall–Kier alpha value is -0.860. The van der Waals surface area contributed by atoms with Gasteiger partial charge in [-0.25, -0.2) is 0 Å². The fourth-order valence-corrected chi connectivity index (χ4v) is 2.63. The highest BCUT2D eigenvalue weighted by Crippen LogP contribution is 2.22. The zero-order chi connectivity index (χ0) is 12.8. The van der Waals surface area contributed by atoms with Crippen LogP contribution >= 0.6 is 0 Å². The Morgan fingerprint density at radius 2 is 2.00 bits per heavy atom. The highest BCUT2D eigenvalue weighted by atomic mass is 16.5. The highest BCUT2D eigenvalue weighted by Gasteiger charge is 2.19. The van der Waals surface area contributed by atoms with Gasteiger partial charge in [0.2, 0.25) is 0 Å². The Kier molecular flexibility index (Phi) is 5.21. The van der Waals surface area contributed by atoms with Crippen molar-refractivity contribution in [2.24, 2.45) is 5.92 Å². The number of rotatable bonds is 5. The fourth-order valence-electron chi connectivity index (χ4n) is 2.63. The second-order valence-corrected chi connectivity index (χ2v) is 5.53. The predicted molar refractivity (Wildman–Crippen MR) is 75.6 cm³/mol. The molecule has 2 unspecified atom stereocenters. The van der Waals surface area contributed by atoms with Crippen LogP contribution in [-0.4, -0.2) is 19.3 Å². The molecule has 0 bridgehead atoms. The van der Waals surface area contributed by atoms with Crippen molar-refractivity contribution in [3.8, 4) is 0 Å². The molecular weight excluding hydrogens is 222 g/mol. The Labute approximate surface area is 111 Å². The van der Waals surface area contributed by atoms with Gasteiger partial charge in [0.15, 0.2) is 0 Å². The molecule has 0 radical (unpaired) electrons. The van der Waals surface area contributed by atoms with Gasteiger partial charge in [0.25, 0.3) is 0 Å². The third-order valence-corrected chi connectivity index (χ3v) is 3.66. The Balaban J connectivity index is 1.90. The molecule has 100 valence electrons. The van der Waals surface area contributed by atoms with Crippen LogP contribution in [-0.2, 0) is 4.74 Å². The molecule has 2 atom stereocenters. The van der Waals surface area contributed by atoms with E-state index >= 15 is 0 Å². The fraction of sp³-hybridized carbons (Fsp3) is 0.625. The topological polar surface area (TPSA) is 21.3 Å². The van der Waals surface area contributed by atoms with Crippen molar-refractivity contribution in [2.75, 3.05) is 13.2 Å². The van der Waals surface area contributed by atoms with Crippen LogP contribution in [0.3, 0.4) is 0 Å². The summed E-state index contributed by atoms with van der Waals surface area (Å²) in [5.41, 5.74) is 1.38. The molecule has 2 nitrogen and oxygen atoms in total. The lowest BCUT2D eigenvalue weighted by molar-refractivity contribution is 0.0144. The molecule has 2 heteroatoms. The van der Waals surface area contributed by atoms with Gasteiger partial charge in [-0.15, -0.1) is 0 Å². The van der Waals surface area contributed by atoms with Gasteiger partial charge in [0.05, 0.1) is 6.10 Å². The molecule has 0 amide bonds. The molecule has 1 saturated heterocycles. The Morgan fingerprint density at radius 3 is 2.61 bits per heavy atom. The maximum Gasteiger partial charge on any atom is 0.0699 e. The summed E-state index contributed by atoms with van der Waals surface area (Å²) in [6.45, 7) is 6.44. The zero-order valence-electron chi connectivity index (χ0n) is 11.6. The van der Waals surface area contributed by atoms with Crippen molar-refractivity contribution in [3.63, 3.8) is 0 Å². The van der Waals surface area contributed by atoms with Crippen LogP contribution < -0.4 is 5.32 Å².